The molecule has 110 valence electrons. The lowest BCUT2D eigenvalue weighted by Gasteiger charge is -2.06. The first-order chi connectivity index (χ1) is 9.86. The quantitative estimate of drug-likeness (QED) is 0.371. The summed E-state index contributed by atoms with van der Waals surface area (Å²) in [5.74, 6) is 6.88. The largest absolute Gasteiger partial charge is 0.492 e. The van der Waals surface area contributed by atoms with Gasteiger partial charge in [0, 0.05) is 11.8 Å². The zero-order chi connectivity index (χ0) is 14.5. The fraction of sp³-hybridized carbons (Fsp3) is 0.588. The summed E-state index contributed by atoms with van der Waals surface area (Å²) in [7, 11) is 0. The molecule has 0 fully saturated rings. The molecule has 1 aromatic heterocycles. The molecule has 1 heterocycles. The lowest BCUT2D eigenvalue weighted by molar-refractivity contribution is 0.303. The van der Waals surface area contributed by atoms with Crippen molar-refractivity contribution >= 4 is 11.6 Å². The highest BCUT2D eigenvalue weighted by atomic mass is 35.5. The van der Waals surface area contributed by atoms with E-state index in [1.807, 2.05) is 6.07 Å². The van der Waals surface area contributed by atoms with Gasteiger partial charge in [-0.05, 0) is 12.5 Å². The predicted octanol–water partition coefficient (Wildman–Crippen LogP) is 4.80. The average Bonchev–Trinajstić information content (AvgIpc) is 2.48. The molecule has 0 aliphatic carbocycles. The maximum Gasteiger partial charge on any atom is 0.138 e. The van der Waals surface area contributed by atoms with Crippen molar-refractivity contribution in [3.63, 3.8) is 0 Å². The number of nitrogens with zero attached hydrogens (tertiary/aromatic N) is 1. The van der Waals surface area contributed by atoms with Crippen molar-refractivity contribution in [2.24, 2.45) is 0 Å². The number of halogens is 1. The Kier molecular flexibility index (Phi) is 9.79. The van der Waals surface area contributed by atoms with Crippen LogP contribution in [0, 0.1) is 11.8 Å². The second kappa shape index (κ2) is 11.6. The highest BCUT2D eigenvalue weighted by Crippen LogP contribution is 2.12. The van der Waals surface area contributed by atoms with Crippen LogP contribution in [0.15, 0.2) is 18.5 Å². The van der Waals surface area contributed by atoms with E-state index in [1.165, 1.54) is 38.5 Å². The van der Waals surface area contributed by atoms with Crippen LogP contribution in [0.25, 0.3) is 0 Å². The molecule has 0 amide bonds. The Hall–Kier alpha value is -1.20. The summed E-state index contributed by atoms with van der Waals surface area (Å²) in [6.45, 7) is 3.00. The van der Waals surface area contributed by atoms with Crippen LogP contribution in [0.4, 0.5) is 0 Å². The number of alkyl halides is 1. The van der Waals surface area contributed by atoms with Gasteiger partial charge >= 0.3 is 0 Å². The molecule has 2 nitrogen and oxygen atoms in total. The Balaban J connectivity index is 2.15. The highest BCUT2D eigenvalue weighted by molar-refractivity contribution is 6.19. The van der Waals surface area contributed by atoms with Gasteiger partial charge < -0.3 is 4.74 Å². The van der Waals surface area contributed by atoms with Gasteiger partial charge in [-0.25, -0.2) is 0 Å². The number of rotatable bonds is 9. The average molecular weight is 294 g/mol. The molecule has 0 saturated carbocycles. The van der Waals surface area contributed by atoms with E-state index >= 15 is 0 Å². The second-order valence-electron chi connectivity index (χ2n) is 4.81. The zero-order valence-corrected chi connectivity index (χ0v) is 13.1. The molecule has 0 unspecified atom stereocenters. The minimum absolute atomic E-state index is 0.336. The van der Waals surface area contributed by atoms with Crippen LogP contribution in [-0.4, -0.2) is 17.5 Å². The van der Waals surface area contributed by atoms with Crippen molar-refractivity contribution in [3.05, 3.63) is 24.0 Å². The number of unbranched alkanes of at least 4 members (excludes halogenated alkanes) is 6. The summed E-state index contributed by atoms with van der Waals surface area (Å²) in [6, 6.07) is 1.91. The summed E-state index contributed by atoms with van der Waals surface area (Å²) >= 11 is 5.53. The predicted molar refractivity (Wildman–Crippen MR) is 85.3 cm³/mol. The smallest absolute Gasteiger partial charge is 0.138 e. The molecule has 0 aliphatic rings. The second-order valence-corrected chi connectivity index (χ2v) is 5.08. The number of pyridine rings is 1. The number of aromatic nitrogens is 1. The van der Waals surface area contributed by atoms with Crippen molar-refractivity contribution in [1.82, 2.24) is 4.98 Å². The first-order valence-corrected chi connectivity index (χ1v) is 8.03. The van der Waals surface area contributed by atoms with Crippen LogP contribution >= 0.6 is 11.6 Å². The van der Waals surface area contributed by atoms with E-state index in [-0.39, 0.29) is 0 Å². The summed E-state index contributed by atoms with van der Waals surface area (Å²) in [5.41, 5.74) is 0.850. The van der Waals surface area contributed by atoms with Crippen LogP contribution in [0.3, 0.4) is 0 Å². The lowest BCUT2D eigenvalue weighted by atomic mass is 10.1. The maximum atomic E-state index is 5.69. The van der Waals surface area contributed by atoms with Crippen molar-refractivity contribution in [2.45, 2.75) is 51.9 Å². The molecule has 0 atom stereocenters. The molecular weight excluding hydrogens is 270 g/mol. The Bertz CT molecular complexity index is 422. The van der Waals surface area contributed by atoms with E-state index in [9.17, 15) is 0 Å². The fourth-order valence-corrected chi connectivity index (χ4v) is 2.02. The third-order valence-corrected chi connectivity index (χ3v) is 3.16. The van der Waals surface area contributed by atoms with Gasteiger partial charge in [-0.15, -0.1) is 11.6 Å². The van der Waals surface area contributed by atoms with E-state index in [2.05, 4.69) is 23.7 Å². The number of hydrogen-bond acceptors (Lipinski definition) is 2. The molecule has 3 heteroatoms. The van der Waals surface area contributed by atoms with Crippen molar-refractivity contribution in [1.29, 1.82) is 0 Å². The van der Waals surface area contributed by atoms with Crippen molar-refractivity contribution in [3.8, 4) is 17.6 Å². The van der Waals surface area contributed by atoms with Gasteiger partial charge in [0.15, 0.2) is 0 Å². The van der Waals surface area contributed by atoms with E-state index in [0.717, 1.165) is 24.3 Å². The Morgan fingerprint density at radius 1 is 1.10 bits per heavy atom. The Morgan fingerprint density at radius 3 is 2.60 bits per heavy atom. The summed E-state index contributed by atoms with van der Waals surface area (Å²) in [5, 5.41) is 0. The SMILES string of the molecule is CCCCCCCCCOc1cncc(C#CCCl)c1. The van der Waals surface area contributed by atoms with Crippen LogP contribution < -0.4 is 4.74 Å². The third kappa shape index (κ3) is 8.07. The monoisotopic (exact) mass is 293 g/mol. The molecule has 1 rings (SSSR count). The highest BCUT2D eigenvalue weighted by Gasteiger charge is 1.96. The molecule has 0 aromatic carbocycles. The van der Waals surface area contributed by atoms with E-state index < -0.39 is 0 Å². The molecule has 20 heavy (non-hydrogen) atoms. The van der Waals surface area contributed by atoms with Gasteiger partial charge in [0.2, 0.25) is 0 Å². The van der Waals surface area contributed by atoms with E-state index in [1.54, 1.807) is 12.4 Å². The number of ether oxygens (including phenoxy) is 1. The van der Waals surface area contributed by atoms with Gasteiger partial charge in [-0.1, -0.05) is 57.3 Å². The van der Waals surface area contributed by atoms with Gasteiger partial charge in [0.05, 0.1) is 18.7 Å². The molecule has 1 aromatic rings. The van der Waals surface area contributed by atoms with Crippen LogP contribution in [0.1, 0.15) is 57.4 Å². The fourth-order valence-electron chi connectivity index (χ4n) is 1.95. The first kappa shape index (κ1) is 16.9. The zero-order valence-electron chi connectivity index (χ0n) is 12.3. The lowest BCUT2D eigenvalue weighted by Crippen LogP contribution is -1.98. The van der Waals surface area contributed by atoms with E-state index in [4.69, 9.17) is 16.3 Å². The van der Waals surface area contributed by atoms with Gasteiger partial charge in [-0.3, -0.25) is 4.98 Å². The van der Waals surface area contributed by atoms with Gasteiger partial charge in [-0.2, -0.15) is 0 Å². The standard InChI is InChI=1S/C17H24ClNO/c1-2-3-4-5-6-7-8-12-20-17-13-16(10-9-11-18)14-19-15-17/h13-15H,2-8,11-12H2,1H3. The van der Waals surface area contributed by atoms with Crippen molar-refractivity contribution < 1.29 is 4.74 Å². The first-order valence-electron chi connectivity index (χ1n) is 7.49. The maximum absolute atomic E-state index is 5.69. The molecule has 0 N–H and O–H groups in total. The molecule has 0 aliphatic heterocycles. The molecule has 0 radical (unpaired) electrons. The van der Waals surface area contributed by atoms with Gasteiger partial charge in [0.1, 0.15) is 5.75 Å². The Morgan fingerprint density at radius 2 is 1.85 bits per heavy atom. The van der Waals surface area contributed by atoms with Crippen LogP contribution in [-0.2, 0) is 0 Å². The minimum atomic E-state index is 0.336. The molecule has 0 spiro atoms. The van der Waals surface area contributed by atoms with Crippen LogP contribution in [0.2, 0.25) is 0 Å². The summed E-state index contributed by atoms with van der Waals surface area (Å²) in [4.78, 5) is 4.12. The topological polar surface area (TPSA) is 22.1 Å². The summed E-state index contributed by atoms with van der Waals surface area (Å²) < 4.78 is 5.69. The molecular formula is C17H24ClNO. The van der Waals surface area contributed by atoms with Gasteiger partial charge in [0.25, 0.3) is 0 Å². The number of hydrogen-bond donors (Lipinski definition) is 0. The van der Waals surface area contributed by atoms with Crippen molar-refractivity contribution in [2.75, 3.05) is 12.5 Å². The van der Waals surface area contributed by atoms with E-state index in [0.29, 0.717) is 5.88 Å². The summed E-state index contributed by atoms with van der Waals surface area (Å²) in [6.07, 6.45) is 12.5. The Labute approximate surface area is 127 Å². The normalized spacial score (nSPS) is 9.90. The van der Waals surface area contributed by atoms with Crippen LogP contribution in [0.5, 0.6) is 5.75 Å². The third-order valence-electron chi connectivity index (χ3n) is 3.03. The molecule has 0 bridgehead atoms. The minimum Gasteiger partial charge on any atom is -0.492 e. The molecule has 0 saturated heterocycles.